The summed E-state index contributed by atoms with van der Waals surface area (Å²) in [5.41, 5.74) is 4.54. The first-order valence-corrected chi connectivity index (χ1v) is 11.8. The van der Waals surface area contributed by atoms with Crippen molar-refractivity contribution < 1.29 is 9.53 Å². The van der Waals surface area contributed by atoms with Crippen molar-refractivity contribution in [2.45, 2.75) is 78.1 Å². The SMILES string of the molecule is CCCCCC1CC=C(c2ccc(C(=O)Oc3ccc(CCCC)cc3)cc2)CC1. The van der Waals surface area contributed by atoms with E-state index in [0.717, 1.165) is 18.8 Å². The van der Waals surface area contributed by atoms with Crippen molar-refractivity contribution in [3.05, 3.63) is 71.3 Å². The fraction of sp³-hybridized carbons (Fsp3) is 0.464. The van der Waals surface area contributed by atoms with Crippen LogP contribution in [-0.2, 0) is 6.42 Å². The van der Waals surface area contributed by atoms with E-state index in [4.69, 9.17) is 4.74 Å². The second kappa shape index (κ2) is 11.7. The van der Waals surface area contributed by atoms with Gasteiger partial charge in [0.2, 0.25) is 0 Å². The number of hydrogen-bond donors (Lipinski definition) is 0. The zero-order valence-corrected chi connectivity index (χ0v) is 18.7. The highest BCUT2D eigenvalue weighted by Crippen LogP contribution is 2.33. The lowest BCUT2D eigenvalue weighted by Gasteiger charge is -2.22. The highest BCUT2D eigenvalue weighted by atomic mass is 16.5. The lowest BCUT2D eigenvalue weighted by molar-refractivity contribution is 0.0734. The van der Waals surface area contributed by atoms with Gasteiger partial charge < -0.3 is 4.74 Å². The number of hydrogen-bond acceptors (Lipinski definition) is 2. The summed E-state index contributed by atoms with van der Waals surface area (Å²) >= 11 is 0. The molecule has 0 fully saturated rings. The molecule has 0 bridgehead atoms. The average molecular weight is 405 g/mol. The fourth-order valence-corrected chi connectivity index (χ4v) is 4.19. The van der Waals surface area contributed by atoms with Crippen LogP contribution >= 0.6 is 0 Å². The summed E-state index contributed by atoms with van der Waals surface area (Å²) in [6.07, 6.45) is 14.8. The van der Waals surface area contributed by atoms with E-state index in [1.54, 1.807) is 0 Å². The van der Waals surface area contributed by atoms with Crippen LogP contribution in [0.15, 0.2) is 54.6 Å². The minimum Gasteiger partial charge on any atom is -0.423 e. The molecule has 3 rings (SSSR count). The molecule has 0 heterocycles. The van der Waals surface area contributed by atoms with Crippen LogP contribution < -0.4 is 4.74 Å². The summed E-state index contributed by atoms with van der Waals surface area (Å²) in [7, 11) is 0. The van der Waals surface area contributed by atoms with E-state index in [0.29, 0.717) is 11.3 Å². The first kappa shape index (κ1) is 22.3. The van der Waals surface area contributed by atoms with Crippen LogP contribution in [0.2, 0.25) is 0 Å². The maximum atomic E-state index is 12.5. The molecule has 0 N–H and O–H groups in total. The Kier molecular flexibility index (Phi) is 8.74. The normalized spacial score (nSPS) is 16.2. The summed E-state index contributed by atoms with van der Waals surface area (Å²) in [5, 5.41) is 0. The molecule has 1 unspecified atom stereocenters. The lowest BCUT2D eigenvalue weighted by atomic mass is 9.84. The second-order valence-electron chi connectivity index (χ2n) is 8.58. The van der Waals surface area contributed by atoms with Crippen molar-refractivity contribution in [1.29, 1.82) is 0 Å². The molecule has 1 aliphatic rings. The van der Waals surface area contributed by atoms with Gasteiger partial charge in [-0.15, -0.1) is 0 Å². The summed E-state index contributed by atoms with van der Waals surface area (Å²) < 4.78 is 5.55. The summed E-state index contributed by atoms with van der Waals surface area (Å²) in [6.45, 7) is 4.46. The van der Waals surface area contributed by atoms with Gasteiger partial charge in [0.05, 0.1) is 5.56 Å². The van der Waals surface area contributed by atoms with Crippen molar-refractivity contribution in [3.8, 4) is 5.75 Å². The van der Waals surface area contributed by atoms with Gasteiger partial charge >= 0.3 is 5.97 Å². The molecule has 0 saturated heterocycles. The second-order valence-corrected chi connectivity index (χ2v) is 8.58. The molecule has 2 nitrogen and oxygen atoms in total. The molecule has 1 atom stereocenters. The van der Waals surface area contributed by atoms with E-state index in [2.05, 4.69) is 32.1 Å². The zero-order chi connectivity index (χ0) is 21.2. The summed E-state index contributed by atoms with van der Waals surface area (Å²) in [6, 6.07) is 15.8. The van der Waals surface area contributed by atoms with Gasteiger partial charge in [0.25, 0.3) is 0 Å². The van der Waals surface area contributed by atoms with Gasteiger partial charge in [-0.2, -0.15) is 0 Å². The number of esters is 1. The van der Waals surface area contributed by atoms with Gasteiger partial charge in [-0.25, -0.2) is 4.79 Å². The van der Waals surface area contributed by atoms with E-state index in [9.17, 15) is 4.79 Å². The Morgan fingerprint density at radius 1 is 0.933 bits per heavy atom. The number of carbonyl (C=O) groups is 1. The number of rotatable bonds is 10. The molecule has 2 aromatic carbocycles. The third-order valence-corrected chi connectivity index (χ3v) is 6.18. The van der Waals surface area contributed by atoms with Gasteiger partial charge in [0.15, 0.2) is 0 Å². The standard InChI is InChI=1S/C28H36O2/c1-3-5-7-9-23-10-14-24(15-11-23)25-16-18-26(19-17-25)28(29)30-27-20-12-22(13-21-27)8-6-4-2/h12-14,16-21,23H,3-11,15H2,1-2H3. The Bertz CT molecular complexity index is 815. The molecular formula is C28H36O2. The molecule has 0 aromatic heterocycles. The Morgan fingerprint density at radius 2 is 1.67 bits per heavy atom. The average Bonchev–Trinajstić information content (AvgIpc) is 2.79. The molecule has 0 aliphatic heterocycles. The predicted octanol–water partition coefficient (Wildman–Crippen LogP) is 8.01. The third-order valence-electron chi connectivity index (χ3n) is 6.18. The van der Waals surface area contributed by atoms with Gasteiger partial charge in [-0.3, -0.25) is 0 Å². The van der Waals surface area contributed by atoms with Gasteiger partial charge in [0, 0.05) is 0 Å². The minimum atomic E-state index is -0.295. The molecule has 1 aliphatic carbocycles. The molecule has 0 amide bonds. The van der Waals surface area contributed by atoms with Crippen LogP contribution in [-0.4, -0.2) is 5.97 Å². The molecule has 2 aromatic rings. The Hall–Kier alpha value is -2.35. The topological polar surface area (TPSA) is 26.3 Å². The quantitative estimate of drug-likeness (QED) is 0.228. The largest absolute Gasteiger partial charge is 0.423 e. The summed E-state index contributed by atoms with van der Waals surface area (Å²) in [5.74, 6) is 1.16. The van der Waals surface area contributed by atoms with E-state index >= 15 is 0 Å². The molecule has 30 heavy (non-hydrogen) atoms. The van der Waals surface area contributed by atoms with Crippen molar-refractivity contribution in [3.63, 3.8) is 0 Å². The lowest BCUT2D eigenvalue weighted by Crippen LogP contribution is -2.09. The van der Waals surface area contributed by atoms with E-state index in [1.807, 2.05) is 36.4 Å². The highest BCUT2D eigenvalue weighted by Gasteiger charge is 2.16. The number of benzene rings is 2. The number of unbranched alkanes of at least 4 members (excludes halogenated alkanes) is 3. The van der Waals surface area contributed by atoms with Crippen molar-refractivity contribution in [1.82, 2.24) is 0 Å². The van der Waals surface area contributed by atoms with Crippen LogP contribution in [0.25, 0.3) is 5.57 Å². The third kappa shape index (κ3) is 6.58. The maximum Gasteiger partial charge on any atom is 0.343 e. The van der Waals surface area contributed by atoms with Crippen molar-refractivity contribution in [2.75, 3.05) is 0 Å². The molecule has 160 valence electrons. The number of carbonyl (C=O) groups excluding carboxylic acids is 1. The first-order chi connectivity index (χ1) is 14.7. The van der Waals surface area contributed by atoms with E-state index in [-0.39, 0.29) is 5.97 Å². The Labute approximate surface area is 182 Å². The smallest absolute Gasteiger partial charge is 0.343 e. The zero-order valence-electron chi connectivity index (χ0n) is 18.7. The minimum absolute atomic E-state index is 0.295. The van der Waals surface area contributed by atoms with Crippen LogP contribution in [0, 0.1) is 5.92 Å². The van der Waals surface area contributed by atoms with Crippen LogP contribution in [0.3, 0.4) is 0 Å². The van der Waals surface area contributed by atoms with Gasteiger partial charge in [-0.1, -0.05) is 76.3 Å². The molecule has 0 spiro atoms. The number of aryl methyl sites for hydroxylation is 1. The Morgan fingerprint density at radius 3 is 2.30 bits per heavy atom. The fourth-order valence-electron chi connectivity index (χ4n) is 4.19. The highest BCUT2D eigenvalue weighted by molar-refractivity contribution is 5.91. The first-order valence-electron chi connectivity index (χ1n) is 11.8. The van der Waals surface area contributed by atoms with Crippen LogP contribution in [0.1, 0.15) is 93.1 Å². The van der Waals surface area contributed by atoms with Gasteiger partial charge in [-0.05, 0) is 79.0 Å². The van der Waals surface area contributed by atoms with Crippen molar-refractivity contribution >= 4 is 11.5 Å². The van der Waals surface area contributed by atoms with Crippen molar-refractivity contribution in [2.24, 2.45) is 5.92 Å². The van der Waals surface area contributed by atoms with Crippen LogP contribution in [0.5, 0.6) is 5.75 Å². The Balaban J connectivity index is 1.53. The molecule has 2 heteroatoms. The number of allylic oxidation sites excluding steroid dienone is 2. The summed E-state index contributed by atoms with van der Waals surface area (Å²) in [4.78, 5) is 12.5. The molecule has 0 saturated carbocycles. The molecule has 0 radical (unpaired) electrons. The molecular weight excluding hydrogens is 368 g/mol. The van der Waals surface area contributed by atoms with Gasteiger partial charge in [0.1, 0.15) is 5.75 Å². The number of ether oxygens (including phenoxy) is 1. The predicted molar refractivity (Wildman–Crippen MR) is 126 cm³/mol. The van der Waals surface area contributed by atoms with E-state index < -0.39 is 0 Å². The maximum absolute atomic E-state index is 12.5. The van der Waals surface area contributed by atoms with E-state index in [1.165, 1.54) is 68.1 Å². The van der Waals surface area contributed by atoms with Crippen LogP contribution in [0.4, 0.5) is 0 Å². The monoisotopic (exact) mass is 404 g/mol.